The molecule has 1 atom stereocenters. The zero-order valence-corrected chi connectivity index (χ0v) is 8.07. The lowest BCUT2D eigenvalue weighted by molar-refractivity contribution is -0.197. The predicted octanol–water partition coefficient (Wildman–Crippen LogP) is 1.42. The van der Waals surface area contributed by atoms with Crippen LogP contribution in [-0.2, 0) is 19.0 Å². The molecule has 1 aliphatic rings. The second kappa shape index (κ2) is 3.68. The van der Waals surface area contributed by atoms with E-state index in [0.29, 0.717) is 6.42 Å². The fourth-order valence-electron chi connectivity index (χ4n) is 1.35. The molecule has 0 fully saturated rings. The van der Waals surface area contributed by atoms with E-state index >= 15 is 0 Å². The summed E-state index contributed by atoms with van der Waals surface area (Å²) in [5, 5.41) is 0. The zero-order valence-electron chi connectivity index (χ0n) is 8.07. The smallest absolute Gasteiger partial charge is 0.316 e. The van der Waals surface area contributed by atoms with Crippen molar-refractivity contribution in [2.24, 2.45) is 5.92 Å². The molecule has 4 nitrogen and oxygen atoms in total. The van der Waals surface area contributed by atoms with Crippen molar-refractivity contribution in [3.63, 3.8) is 0 Å². The third-order valence-electron chi connectivity index (χ3n) is 2.30. The summed E-state index contributed by atoms with van der Waals surface area (Å²) >= 11 is 0. The van der Waals surface area contributed by atoms with Gasteiger partial charge in [-0.25, -0.2) is 0 Å². The van der Waals surface area contributed by atoms with E-state index in [2.05, 4.69) is 4.74 Å². The highest BCUT2D eigenvalue weighted by atomic mass is 16.7. The van der Waals surface area contributed by atoms with Gasteiger partial charge in [-0.05, 0) is 6.92 Å². The van der Waals surface area contributed by atoms with E-state index in [1.165, 1.54) is 19.6 Å². The molecule has 0 aliphatic carbocycles. The van der Waals surface area contributed by atoms with Gasteiger partial charge in [0.25, 0.3) is 5.79 Å². The molecule has 0 amide bonds. The second-order valence-electron chi connectivity index (χ2n) is 2.92. The van der Waals surface area contributed by atoms with Crippen LogP contribution in [0.15, 0.2) is 12.5 Å². The van der Waals surface area contributed by atoms with Crippen LogP contribution in [0.4, 0.5) is 0 Å². The Morgan fingerprint density at radius 2 is 2.08 bits per heavy atom. The SMILES string of the molecule is CCC1(C(C)C(=O)OC)OC=CO1. The van der Waals surface area contributed by atoms with Crippen molar-refractivity contribution >= 4 is 5.97 Å². The summed E-state index contributed by atoms with van der Waals surface area (Å²) in [4.78, 5) is 11.3. The van der Waals surface area contributed by atoms with Gasteiger partial charge in [-0.3, -0.25) is 4.79 Å². The van der Waals surface area contributed by atoms with Crippen LogP contribution >= 0.6 is 0 Å². The molecule has 0 aromatic heterocycles. The summed E-state index contributed by atoms with van der Waals surface area (Å²) in [6.07, 6.45) is 3.49. The van der Waals surface area contributed by atoms with E-state index in [1.54, 1.807) is 6.92 Å². The van der Waals surface area contributed by atoms with Crippen molar-refractivity contribution in [2.45, 2.75) is 26.1 Å². The molecule has 0 aromatic carbocycles. The average Bonchev–Trinajstić information content (AvgIpc) is 2.65. The summed E-state index contributed by atoms with van der Waals surface area (Å²) < 4.78 is 15.2. The van der Waals surface area contributed by atoms with Crippen LogP contribution in [0.25, 0.3) is 0 Å². The number of esters is 1. The highest BCUT2D eigenvalue weighted by Crippen LogP contribution is 2.32. The number of ether oxygens (including phenoxy) is 3. The molecule has 4 heteroatoms. The monoisotopic (exact) mass is 186 g/mol. The zero-order chi connectivity index (χ0) is 9.90. The maximum atomic E-state index is 11.3. The number of methoxy groups -OCH3 is 1. The molecule has 1 aliphatic heterocycles. The summed E-state index contributed by atoms with van der Waals surface area (Å²) in [5.41, 5.74) is 0. The summed E-state index contributed by atoms with van der Waals surface area (Å²) in [7, 11) is 1.35. The minimum Gasteiger partial charge on any atom is -0.469 e. The van der Waals surface area contributed by atoms with E-state index in [1.807, 2.05) is 6.92 Å². The van der Waals surface area contributed by atoms with Crippen molar-refractivity contribution in [3.8, 4) is 0 Å². The normalized spacial score (nSPS) is 20.2. The maximum absolute atomic E-state index is 11.3. The molecule has 1 unspecified atom stereocenters. The highest BCUT2D eigenvalue weighted by molar-refractivity contribution is 5.73. The van der Waals surface area contributed by atoms with E-state index < -0.39 is 11.7 Å². The van der Waals surface area contributed by atoms with Crippen LogP contribution in [0.2, 0.25) is 0 Å². The van der Waals surface area contributed by atoms with Gasteiger partial charge in [0.05, 0.1) is 7.11 Å². The third kappa shape index (κ3) is 1.61. The second-order valence-corrected chi connectivity index (χ2v) is 2.92. The third-order valence-corrected chi connectivity index (χ3v) is 2.30. The Kier molecular flexibility index (Phi) is 2.80. The van der Waals surface area contributed by atoms with Crippen LogP contribution in [0.3, 0.4) is 0 Å². The first-order valence-electron chi connectivity index (χ1n) is 4.24. The van der Waals surface area contributed by atoms with Crippen LogP contribution in [0.1, 0.15) is 20.3 Å². The predicted molar refractivity (Wildman–Crippen MR) is 45.5 cm³/mol. The number of carbonyl (C=O) groups excluding carboxylic acids is 1. The molecule has 0 N–H and O–H groups in total. The van der Waals surface area contributed by atoms with Gasteiger partial charge < -0.3 is 14.2 Å². The molecule has 0 saturated heterocycles. The van der Waals surface area contributed by atoms with Gasteiger partial charge in [0.2, 0.25) is 0 Å². The quantitative estimate of drug-likeness (QED) is 0.625. The van der Waals surface area contributed by atoms with Crippen molar-refractivity contribution in [1.82, 2.24) is 0 Å². The maximum Gasteiger partial charge on any atom is 0.316 e. The van der Waals surface area contributed by atoms with Crippen molar-refractivity contribution < 1.29 is 19.0 Å². The molecule has 13 heavy (non-hydrogen) atoms. The van der Waals surface area contributed by atoms with Gasteiger partial charge in [0.1, 0.15) is 18.4 Å². The Morgan fingerprint density at radius 1 is 1.54 bits per heavy atom. The Hall–Kier alpha value is -1.19. The molecule has 0 radical (unpaired) electrons. The lowest BCUT2D eigenvalue weighted by Gasteiger charge is -2.30. The van der Waals surface area contributed by atoms with Crippen LogP contribution in [-0.4, -0.2) is 18.9 Å². The van der Waals surface area contributed by atoms with Crippen molar-refractivity contribution in [1.29, 1.82) is 0 Å². The van der Waals surface area contributed by atoms with Crippen LogP contribution < -0.4 is 0 Å². The number of hydrogen-bond donors (Lipinski definition) is 0. The standard InChI is InChI=1S/C9H14O4/c1-4-9(12-5-6-13-9)7(2)8(10)11-3/h5-7H,4H2,1-3H3. The van der Waals surface area contributed by atoms with Crippen LogP contribution in [0, 0.1) is 5.92 Å². The van der Waals surface area contributed by atoms with Crippen LogP contribution in [0.5, 0.6) is 0 Å². The Bertz CT molecular complexity index is 214. The fraction of sp³-hybridized carbons (Fsp3) is 0.667. The minimum absolute atomic E-state index is 0.328. The molecule has 0 aromatic rings. The first-order valence-corrected chi connectivity index (χ1v) is 4.24. The largest absolute Gasteiger partial charge is 0.469 e. The molecular formula is C9H14O4. The Labute approximate surface area is 77.5 Å². The van der Waals surface area contributed by atoms with Gasteiger partial charge in [-0.1, -0.05) is 6.92 Å². The van der Waals surface area contributed by atoms with Gasteiger partial charge >= 0.3 is 5.97 Å². The first-order chi connectivity index (χ1) is 6.16. The van der Waals surface area contributed by atoms with E-state index in [9.17, 15) is 4.79 Å². The Balaban J connectivity index is 2.71. The van der Waals surface area contributed by atoms with Gasteiger partial charge in [0, 0.05) is 6.42 Å². The summed E-state index contributed by atoms with van der Waals surface area (Å²) in [6.45, 7) is 3.62. The van der Waals surface area contributed by atoms with Gasteiger partial charge in [-0.15, -0.1) is 0 Å². The first kappa shape index (κ1) is 9.89. The molecule has 1 heterocycles. The average molecular weight is 186 g/mol. The summed E-state index contributed by atoms with van der Waals surface area (Å²) in [5.74, 6) is -1.63. The van der Waals surface area contributed by atoms with E-state index in [4.69, 9.17) is 9.47 Å². The minimum atomic E-state index is -0.868. The highest BCUT2D eigenvalue weighted by Gasteiger charge is 2.44. The Morgan fingerprint density at radius 3 is 2.46 bits per heavy atom. The van der Waals surface area contributed by atoms with Crippen molar-refractivity contribution in [3.05, 3.63) is 12.5 Å². The summed E-state index contributed by atoms with van der Waals surface area (Å²) in [6, 6.07) is 0. The number of hydrogen-bond acceptors (Lipinski definition) is 4. The van der Waals surface area contributed by atoms with E-state index in [-0.39, 0.29) is 5.97 Å². The fourth-order valence-corrected chi connectivity index (χ4v) is 1.35. The number of carbonyl (C=O) groups is 1. The molecule has 0 saturated carbocycles. The number of rotatable bonds is 3. The topological polar surface area (TPSA) is 44.8 Å². The molecule has 74 valence electrons. The van der Waals surface area contributed by atoms with E-state index in [0.717, 1.165) is 0 Å². The molecule has 1 rings (SSSR count). The lowest BCUT2D eigenvalue weighted by atomic mass is 9.98. The lowest BCUT2D eigenvalue weighted by Crippen LogP contribution is -2.41. The molecule has 0 bridgehead atoms. The molecular weight excluding hydrogens is 172 g/mol. The van der Waals surface area contributed by atoms with Crippen molar-refractivity contribution in [2.75, 3.05) is 7.11 Å². The van der Waals surface area contributed by atoms with Gasteiger partial charge in [-0.2, -0.15) is 0 Å². The molecule has 0 spiro atoms. The van der Waals surface area contributed by atoms with Gasteiger partial charge in [0.15, 0.2) is 0 Å².